The molecule has 5 nitrogen and oxygen atoms in total. The van der Waals surface area contributed by atoms with Crippen molar-refractivity contribution in [2.75, 3.05) is 12.3 Å². The third-order valence-corrected chi connectivity index (χ3v) is 9.96. The van der Waals surface area contributed by atoms with E-state index in [1.165, 1.54) is 38.5 Å². The summed E-state index contributed by atoms with van der Waals surface area (Å²) < 4.78 is 0. The van der Waals surface area contributed by atoms with Crippen molar-refractivity contribution in [2.45, 2.75) is 77.2 Å². The lowest BCUT2D eigenvalue weighted by molar-refractivity contribution is -0.131. The molecule has 3 N–H and O–H groups in total. The number of anilines is 1. The first-order chi connectivity index (χ1) is 15.3. The van der Waals surface area contributed by atoms with E-state index in [4.69, 9.17) is 5.73 Å². The van der Waals surface area contributed by atoms with Gasteiger partial charge in [-0.3, -0.25) is 14.8 Å². The maximum atomic E-state index is 13.2. The molecule has 174 valence electrons. The molecule has 0 amide bonds. The maximum absolute atomic E-state index is 13.2. The fourth-order valence-electron chi connectivity index (χ4n) is 8.48. The van der Waals surface area contributed by atoms with Crippen molar-refractivity contribution < 1.29 is 9.90 Å². The number of aromatic nitrogens is 1. The molecule has 0 bridgehead atoms. The number of nitrogen functional groups attached to an aromatic ring is 1. The average molecular weight is 438 g/mol. The van der Waals surface area contributed by atoms with E-state index >= 15 is 0 Å². The fourth-order valence-corrected chi connectivity index (χ4v) is 8.48. The third kappa shape index (κ3) is 3.81. The van der Waals surface area contributed by atoms with Gasteiger partial charge in [0.05, 0.1) is 17.8 Å². The number of pyridine rings is 1. The van der Waals surface area contributed by atoms with E-state index in [2.05, 4.69) is 16.9 Å². The van der Waals surface area contributed by atoms with Gasteiger partial charge in [-0.1, -0.05) is 6.92 Å². The van der Waals surface area contributed by atoms with Gasteiger partial charge in [0.2, 0.25) is 0 Å². The molecule has 0 aromatic carbocycles. The molecule has 4 saturated carbocycles. The molecule has 0 saturated heterocycles. The number of rotatable bonds is 4. The SMILES string of the molecule is C[C@@]1(O)CC[C@H]2[C@H](CC[C@@H]3[C@@H]2CC[C@]2(C)[C@@H](C(=O)CN=Cc4ncccc4N)CC[C@@H]32)C1. The lowest BCUT2D eigenvalue weighted by Crippen LogP contribution is -2.51. The Morgan fingerprint density at radius 1 is 1.16 bits per heavy atom. The third-order valence-electron chi connectivity index (χ3n) is 9.96. The van der Waals surface area contributed by atoms with E-state index in [0.29, 0.717) is 29.0 Å². The van der Waals surface area contributed by atoms with Crippen LogP contribution in [0.15, 0.2) is 23.3 Å². The Balaban J connectivity index is 1.26. The second-order valence-electron chi connectivity index (χ2n) is 11.8. The van der Waals surface area contributed by atoms with Gasteiger partial charge in [0, 0.05) is 18.3 Å². The van der Waals surface area contributed by atoms with Crippen molar-refractivity contribution in [2.24, 2.45) is 45.9 Å². The predicted octanol–water partition coefficient (Wildman–Crippen LogP) is 4.67. The van der Waals surface area contributed by atoms with Crippen LogP contribution in [0.3, 0.4) is 0 Å². The van der Waals surface area contributed by atoms with Gasteiger partial charge >= 0.3 is 0 Å². The fraction of sp³-hybridized carbons (Fsp3) is 0.741. The summed E-state index contributed by atoms with van der Waals surface area (Å²) >= 11 is 0. The minimum Gasteiger partial charge on any atom is -0.397 e. The lowest BCUT2D eigenvalue weighted by Gasteiger charge is -2.56. The number of fused-ring (bicyclic) bond motifs is 5. The van der Waals surface area contributed by atoms with Crippen molar-refractivity contribution in [1.29, 1.82) is 0 Å². The van der Waals surface area contributed by atoms with E-state index in [1.807, 2.05) is 6.92 Å². The summed E-state index contributed by atoms with van der Waals surface area (Å²) in [5.41, 5.74) is 6.84. The Labute approximate surface area is 192 Å². The van der Waals surface area contributed by atoms with Crippen LogP contribution in [0.2, 0.25) is 0 Å². The van der Waals surface area contributed by atoms with Crippen molar-refractivity contribution in [3.63, 3.8) is 0 Å². The summed E-state index contributed by atoms with van der Waals surface area (Å²) in [5.74, 6) is 4.18. The Morgan fingerprint density at radius 2 is 1.97 bits per heavy atom. The highest BCUT2D eigenvalue weighted by Gasteiger charge is 2.58. The van der Waals surface area contributed by atoms with E-state index in [-0.39, 0.29) is 17.9 Å². The molecule has 0 aliphatic heterocycles. The van der Waals surface area contributed by atoms with Crippen LogP contribution in [0.4, 0.5) is 5.69 Å². The second-order valence-corrected chi connectivity index (χ2v) is 11.8. The first kappa shape index (κ1) is 22.1. The molecular weight excluding hydrogens is 398 g/mol. The standard InChI is InChI=1S/C27H39N3O2/c1-26(32)11-9-18-17(14-26)5-6-20-19(18)10-12-27(2)21(20)7-8-22(27)25(31)16-29-15-24-23(28)4-3-13-30-24/h3-4,13,15,17-22,32H,5-12,14,16,28H2,1-2H3/t17-,18+,19-,20-,21+,22-,26-,27+/m1/s1. The van der Waals surface area contributed by atoms with Crippen LogP contribution in [-0.2, 0) is 4.79 Å². The Hall–Kier alpha value is -1.75. The summed E-state index contributed by atoms with van der Waals surface area (Å²) in [5, 5.41) is 10.6. The molecule has 0 radical (unpaired) electrons. The molecule has 4 aliphatic carbocycles. The van der Waals surface area contributed by atoms with Crippen molar-refractivity contribution >= 4 is 17.7 Å². The van der Waals surface area contributed by atoms with Crippen molar-refractivity contribution in [3.05, 3.63) is 24.0 Å². The number of aliphatic imine (C=N–C) groups is 1. The number of ketones is 1. The molecule has 8 atom stereocenters. The minimum atomic E-state index is -0.456. The van der Waals surface area contributed by atoms with E-state index in [0.717, 1.165) is 37.0 Å². The molecule has 0 unspecified atom stereocenters. The highest BCUT2D eigenvalue weighted by Crippen LogP contribution is 2.64. The van der Waals surface area contributed by atoms with Crippen LogP contribution in [0, 0.1) is 40.9 Å². The molecular formula is C27H39N3O2. The van der Waals surface area contributed by atoms with Gasteiger partial charge in [-0.25, -0.2) is 0 Å². The summed E-state index contributed by atoms with van der Waals surface area (Å²) in [6.45, 7) is 4.67. The molecule has 5 rings (SSSR count). The highest BCUT2D eigenvalue weighted by molar-refractivity contribution is 5.89. The van der Waals surface area contributed by atoms with Crippen LogP contribution in [0.1, 0.15) is 77.3 Å². The number of nitrogens with two attached hydrogens (primary N) is 1. The monoisotopic (exact) mass is 437 g/mol. The topological polar surface area (TPSA) is 88.6 Å². The van der Waals surface area contributed by atoms with E-state index in [9.17, 15) is 9.90 Å². The van der Waals surface area contributed by atoms with E-state index < -0.39 is 5.60 Å². The van der Waals surface area contributed by atoms with Gasteiger partial charge < -0.3 is 10.8 Å². The first-order valence-electron chi connectivity index (χ1n) is 12.7. The van der Waals surface area contributed by atoms with Crippen LogP contribution in [0.5, 0.6) is 0 Å². The molecule has 0 spiro atoms. The Kier molecular flexibility index (Phi) is 5.68. The Bertz CT molecular complexity index is 897. The molecule has 1 aromatic heterocycles. The number of hydrogen-bond donors (Lipinski definition) is 2. The molecule has 1 aromatic rings. The molecule has 4 aliphatic rings. The summed E-state index contributed by atoms with van der Waals surface area (Å²) in [4.78, 5) is 21.9. The number of aliphatic hydroxyl groups is 1. The van der Waals surface area contributed by atoms with Crippen LogP contribution < -0.4 is 5.73 Å². The van der Waals surface area contributed by atoms with Gasteiger partial charge in [0.1, 0.15) is 5.69 Å². The summed E-state index contributed by atoms with van der Waals surface area (Å²) in [7, 11) is 0. The van der Waals surface area contributed by atoms with Crippen LogP contribution >= 0.6 is 0 Å². The van der Waals surface area contributed by atoms with Crippen molar-refractivity contribution in [3.8, 4) is 0 Å². The minimum absolute atomic E-state index is 0.130. The van der Waals surface area contributed by atoms with Gasteiger partial charge in [-0.15, -0.1) is 0 Å². The molecule has 5 heteroatoms. The van der Waals surface area contributed by atoms with Crippen molar-refractivity contribution in [1.82, 2.24) is 4.98 Å². The number of nitrogens with zero attached hydrogens (tertiary/aromatic N) is 2. The zero-order valence-corrected chi connectivity index (χ0v) is 19.7. The maximum Gasteiger partial charge on any atom is 0.157 e. The average Bonchev–Trinajstić information content (AvgIpc) is 3.11. The first-order valence-corrected chi connectivity index (χ1v) is 12.7. The largest absolute Gasteiger partial charge is 0.397 e. The number of carbonyl (C=O) groups is 1. The van der Waals surface area contributed by atoms with Crippen LogP contribution in [0.25, 0.3) is 0 Å². The molecule has 4 fully saturated rings. The normalized spacial score (nSPS) is 43.5. The van der Waals surface area contributed by atoms with Gasteiger partial charge in [0.15, 0.2) is 5.78 Å². The molecule has 32 heavy (non-hydrogen) atoms. The number of hydrogen-bond acceptors (Lipinski definition) is 5. The van der Waals surface area contributed by atoms with Crippen LogP contribution in [-0.4, -0.2) is 34.2 Å². The highest BCUT2D eigenvalue weighted by atomic mass is 16.3. The lowest BCUT2D eigenvalue weighted by atomic mass is 9.49. The van der Waals surface area contributed by atoms with E-state index in [1.54, 1.807) is 24.5 Å². The predicted molar refractivity (Wildman–Crippen MR) is 127 cm³/mol. The van der Waals surface area contributed by atoms with Gasteiger partial charge in [0.25, 0.3) is 0 Å². The second kappa shape index (κ2) is 8.23. The summed E-state index contributed by atoms with van der Waals surface area (Å²) in [6, 6.07) is 3.61. The smallest absolute Gasteiger partial charge is 0.157 e. The quantitative estimate of drug-likeness (QED) is 0.670. The Morgan fingerprint density at radius 3 is 2.78 bits per heavy atom. The zero-order chi connectivity index (χ0) is 22.5. The van der Waals surface area contributed by atoms with Gasteiger partial charge in [-0.05, 0) is 112 Å². The number of carbonyl (C=O) groups excluding carboxylic acids is 1. The zero-order valence-electron chi connectivity index (χ0n) is 19.7. The molecule has 1 heterocycles. The summed E-state index contributed by atoms with van der Waals surface area (Å²) in [6.07, 6.45) is 13.7. The van der Waals surface area contributed by atoms with Gasteiger partial charge in [-0.2, -0.15) is 0 Å². The number of Topliss-reactive ketones (excluding diaryl/α,β-unsaturated/α-hetero) is 1.